The van der Waals surface area contributed by atoms with E-state index in [1.54, 1.807) is 0 Å². The van der Waals surface area contributed by atoms with Crippen molar-refractivity contribution < 1.29 is 0 Å². The monoisotopic (exact) mass is 97.1 g/mol. The fourth-order valence-electron chi connectivity index (χ4n) is 0.401. The molecule has 1 unspecified atom stereocenters. The molecule has 8 heavy (non-hydrogen) atoms. The van der Waals surface area contributed by atoms with Crippen molar-refractivity contribution >= 4 is 31.4 Å². The van der Waals surface area contributed by atoms with Crippen LogP contribution in [0.25, 0.3) is 0 Å². The van der Waals surface area contributed by atoms with Crippen LogP contribution in [0.1, 0.15) is 0 Å². The summed E-state index contributed by atoms with van der Waals surface area (Å²) in [6.45, 7) is 0.594. The molecule has 0 aromatic rings. The van der Waals surface area contributed by atoms with E-state index in [1.165, 1.54) is 0 Å². The minimum absolute atomic E-state index is 0.594. The molecule has 0 aromatic heterocycles. The van der Waals surface area contributed by atoms with Gasteiger partial charge in [-0.3, -0.25) is 0 Å². The molecular formula is C3H3B4N. The van der Waals surface area contributed by atoms with E-state index in [0.29, 0.717) is 6.54 Å². The predicted octanol–water partition coefficient (Wildman–Crippen LogP) is -1.97. The first kappa shape index (κ1) is 6.34. The van der Waals surface area contributed by atoms with Crippen molar-refractivity contribution in [3.05, 3.63) is 0 Å². The van der Waals surface area contributed by atoms with Gasteiger partial charge in [0.25, 0.3) is 0 Å². The van der Waals surface area contributed by atoms with Gasteiger partial charge in [0.05, 0.1) is 31.4 Å². The highest BCUT2D eigenvalue weighted by molar-refractivity contribution is 6.63. The normalized spacial score (nSPS) is 37.0. The standard InChI is InChI=1S/C3H3B4N/c4-2(1-8-2)3(5,6)7/h8H,1H2. The molecular weight excluding hydrogens is 93.3 g/mol. The Labute approximate surface area is 54.6 Å². The highest BCUT2D eigenvalue weighted by Gasteiger charge is 2.44. The number of hydrogen-bond donors (Lipinski definition) is 1. The Kier molecular flexibility index (Phi) is 1.09. The highest BCUT2D eigenvalue weighted by atomic mass is 15.1. The van der Waals surface area contributed by atoms with Crippen LogP contribution in [0, 0.1) is 0 Å². The van der Waals surface area contributed by atoms with Gasteiger partial charge >= 0.3 is 0 Å². The molecule has 32 valence electrons. The third-order valence-corrected chi connectivity index (χ3v) is 1.33. The Morgan fingerprint density at radius 3 is 1.75 bits per heavy atom. The molecule has 0 saturated carbocycles. The minimum atomic E-state index is -1.28. The summed E-state index contributed by atoms with van der Waals surface area (Å²) in [5.41, 5.74) is -0.729. The zero-order valence-electron chi connectivity index (χ0n) is 4.52. The Morgan fingerprint density at radius 2 is 1.75 bits per heavy atom. The van der Waals surface area contributed by atoms with Crippen molar-refractivity contribution in [2.75, 3.05) is 6.54 Å². The number of hydrogen-bond acceptors (Lipinski definition) is 1. The van der Waals surface area contributed by atoms with E-state index in [0.717, 1.165) is 0 Å². The van der Waals surface area contributed by atoms with Gasteiger partial charge < -0.3 is 5.32 Å². The molecule has 1 fully saturated rings. The smallest absolute Gasteiger partial charge is 0.0948 e. The summed E-state index contributed by atoms with van der Waals surface area (Å²) in [6.07, 6.45) is 0. The van der Waals surface area contributed by atoms with E-state index in [-0.39, 0.29) is 0 Å². The van der Waals surface area contributed by atoms with Crippen LogP contribution in [0.5, 0.6) is 0 Å². The summed E-state index contributed by atoms with van der Waals surface area (Å²) >= 11 is 0. The van der Waals surface area contributed by atoms with Gasteiger partial charge in [-0.2, -0.15) is 0 Å². The molecule has 1 atom stereocenters. The lowest BCUT2D eigenvalue weighted by Crippen LogP contribution is -2.36. The van der Waals surface area contributed by atoms with Crippen LogP contribution in [-0.4, -0.2) is 43.4 Å². The molecule has 1 aliphatic rings. The van der Waals surface area contributed by atoms with Crippen LogP contribution in [0.3, 0.4) is 0 Å². The third-order valence-electron chi connectivity index (χ3n) is 1.33. The van der Waals surface area contributed by atoms with Crippen LogP contribution in [0.2, 0.25) is 5.11 Å². The molecule has 1 rings (SSSR count). The molecule has 0 spiro atoms. The van der Waals surface area contributed by atoms with Gasteiger partial charge in [0, 0.05) is 6.54 Å². The lowest BCUT2D eigenvalue weighted by molar-refractivity contribution is 0.877. The van der Waals surface area contributed by atoms with Crippen LogP contribution in [-0.2, 0) is 0 Å². The van der Waals surface area contributed by atoms with Crippen molar-refractivity contribution in [2.45, 2.75) is 10.6 Å². The van der Waals surface area contributed by atoms with Gasteiger partial charge in [-0.1, -0.05) is 0 Å². The van der Waals surface area contributed by atoms with Crippen molar-refractivity contribution in [1.82, 2.24) is 5.32 Å². The topological polar surface area (TPSA) is 21.9 Å². The summed E-state index contributed by atoms with van der Waals surface area (Å²) in [5, 5.41) is 1.47. The van der Waals surface area contributed by atoms with Crippen molar-refractivity contribution in [1.29, 1.82) is 0 Å². The first-order chi connectivity index (χ1) is 3.46. The second kappa shape index (κ2) is 1.38. The molecule has 1 N–H and O–H groups in total. The average molecular weight is 96.3 g/mol. The SMILES string of the molecule is [B]C([B])([B])C1([B])CN1. The van der Waals surface area contributed by atoms with Gasteiger partial charge in [-0.05, 0) is 5.44 Å². The quantitative estimate of drug-likeness (QED) is 0.297. The Balaban J connectivity index is 2.58. The summed E-state index contributed by atoms with van der Waals surface area (Å²) < 4.78 is 0. The van der Waals surface area contributed by atoms with E-state index in [9.17, 15) is 0 Å². The number of nitrogens with one attached hydrogen (secondary N) is 1. The maximum Gasteiger partial charge on any atom is 0.0948 e. The van der Waals surface area contributed by atoms with Crippen LogP contribution >= 0.6 is 0 Å². The second-order valence-corrected chi connectivity index (χ2v) is 2.26. The summed E-state index contributed by atoms with van der Waals surface area (Å²) in [4.78, 5) is 0. The van der Waals surface area contributed by atoms with Crippen LogP contribution < -0.4 is 5.32 Å². The average Bonchev–Trinajstić information content (AvgIpc) is 2.16. The van der Waals surface area contributed by atoms with Gasteiger partial charge in [-0.15, -0.1) is 5.11 Å². The third kappa shape index (κ3) is 0.838. The predicted molar refractivity (Wildman–Crippen MR) is 36.4 cm³/mol. The van der Waals surface area contributed by atoms with E-state index in [1.807, 2.05) is 0 Å². The molecule has 8 radical (unpaired) electrons. The van der Waals surface area contributed by atoms with Gasteiger partial charge in [-0.25, -0.2) is 0 Å². The van der Waals surface area contributed by atoms with Crippen molar-refractivity contribution in [3.8, 4) is 0 Å². The molecule has 1 nitrogen and oxygen atoms in total. The van der Waals surface area contributed by atoms with Gasteiger partial charge in [0.15, 0.2) is 0 Å². The number of rotatable bonds is 1. The summed E-state index contributed by atoms with van der Waals surface area (Å²) in [5.74, 6) is 0. The van der Waals surface area contributed by atoms with Crippen LogP contribution in [0.4, 0.5) is 0 Å². The summed E-state index contributed by atoms with van der Waals surface area (Å²) in [7, 11) is 21.2. The Hall–Kier alpha value is 0.220. The molecule has 1 saturated heterocycles. The zero-order valence-corrected chi connectivity index (χ0v) is 4.52. The van der Waals surface area contributed by atoms with Crippen molar-refractivity contribution in [3.63, 3.8) is 0 Å². The largest absolute Gasteiger partial charge is 0.319 e. The van der Waals surface area contributed by atoms with Gasteiger partial charge in [0.1, 0.15) is 0 Å². The van der Waals surface area contributed by atoms with E-state index in [2.05, 4.69) is 5.32 Å². The molecule has 0 aromatic carbocycles. The van der Waals surface area contributed by atoms with E-state index < -0.39 is 10.6 Å². The zero-order chi connectivity index (χ0) is 6.41. The highest BCUT2D eigenvalue weighted by Crippen LogP contribution is 2.32. The first-order valence-electron chi connectivity index (χ1n) is 2.36. The molecule has 0 aliphatic carbocycles. The lowest BCUT2D eigenvalue weighted by atomic mass is 9.33. The fourth-order valence-corrected chi connectivity index (χ4v) is 0.401. The molecule has 0 amide bonds. The van der Waals surface area contributed by atoms with E-state index in [4.69, 9.17) is 31.4 Å². The summed E-state index contributed by atoms with van der Waals surface area (Å²) in [6, 6.07) is 0. The van der Waals surface area contributed by atoms with Crippen LogP contribution in [0.15, 0.2) is 0 Å². The molecule has 0 bridgehead atoms. The maximum absolute atomic E-state index is 5.44. The molecule has 5 heteroatoms. The fraction of sp³-hybridized carbons (Fsp3) is 1.00. The maximum atomic E-state index is 5.44. The lowest BCUT2D eigenvalue weighted by Gasteiger charge is -2.27. The molecule has 1 aliphatic heterocycles. The van der Waals surface area contributed by atoms with E-state index >= 15 is 0 Å². The minimum Gasteiger partial charge on any atom is -0.319 e. The van der Waals surface area contributed by atoms with Gasteiger partial charge in [0.2, 0.25) is 0 Å². The first-order valence-corrected chi connectivity index (χ1v) is 2.36. The Morgan fingerprint density at radius 1 is 1.38 bits per heavy atom. The Bertz CT molecular complexity index is 99.1. The molecule has 1 heterocycles. The second-order valence-electron chi connectivity index (χ2n) is 2.26. The van der Waals surface area contributed by atoms with Crippen molar-refractivity contribution in [2.24, 2.45) is 0 Å².